The largest absolute Gasteiger partial charge is 0.493 e. The smallest absolute Gasteiger partial charge is 0.251 e. The van der Waals surface area contributed by atoms with Crippen molar-refractivity contribution in [3.63, 3.8) is 0 Å². The Balaban J connectivity index is 2.02. The standard InChI is InChI=1S/C19H22ClNO3/c1-3-4-11-21-19(22)15-7-10-17(18(12-15)23-2)24-13-14-5-8-16(20)9-6-14/h5-10,12H,3-4,11,13H2,1-2H3,(H,21,22). The fraction of sp³-hybridized carbons (Fsp3) is 0.316. The van der Waals surface area contributed by atoms with Crippen LogP contribution in [-0.2, 0) is 6.61 Å². The maximum Gasteiger partial charge on any atom is 0.251 e. The number of nitrogens with one attached hydrogen (secondary N) is 1. The summed E-state index contributed by atoms with van der Waals surface area (Å²) in [5, 5.41) is 3.58. The van der Waals surface area contributed by atoms with Crippen molar-refractivity contribution in [3.8, 4) is 11.5 Å². The molecule has 128 valence electrons. The lowest BCUT2D eigenvalue weighted by atomic mass is 10.2. The molecule has 0 bridgehead atoms. The molecule has 0 spiro atoms. The van der Waals surface area contributed by atoms with E-state index in [1.165, 1.54) is 0 Å². The summed E-state index contributed by atoms with van der Waals surface area (Å²) in [6.45, 7) is 3.16. The molecule has 2 aromatic rings. The van der Waals surface area contributed by atoms with Gasteiger partial charge in [0.1, 0.15) is 6.61 Å². The summed E-state index contributed by atoms with van der Waals surface area (Å²) in [6, 6.07) is 12.6. The minimum atomic E-state index is -0.106. The molecule has 0 heterocycles. The average Bonchev–Trinajstić information content (AvgIpc) is 2.61. The van der Waals surface area contributed by atoms with Gasteiger partial charge in [-0.1, -0.05) is 37.1 Å². The Morgan fingerprint density at radius 3 is 2.54 bits per heavy atom. The molecule has 2 rings (SSSR count). The Hall–Kier alpha value is -2.20. The number of carbonyl (C=O) groups is 1. The zero-order chi connectivity index (χ0) is 17.4. The molecule has 0 saturated heterocycles. The molecule has 0 unspecified atom stereocenters. The SMILES string of the molecule is CCCCNC(=O)c1ccc(OCc2ccc(Cl)cc2)c(OC)c1. The second-order valence-electron chi connectivity index (χ2n) is 5.39. The lowest BCUT2D eigenvalue weighted by Crippen LogP contribution is -2.24. The first kappa shape index (κ1) is 18.1. The Labute approximate surface area is 147 Å². The highest BCUT2D eigenvalue weighted by molar-refractivity contribution is 6.30. The number of halogens is 1. The molecule has 0 fully saturated rings. The van der Waals surface area contributed by atoms with Crippen molar-refractivity contribution in [3.05, 3.63) is 58.6 Å². The van der Waals surface area contributed by atoms with Crippen LogP contribution in [0.2, 0.25) is 5.02 Å². The number of benzene rings is 2. The van der Waals surface area contributed by atoms with Crippen LogP contribution in [0.1, 0.15) is 35.7 Å². The predicted octanol–water partition coefficient (Wildman–Crippen LogP) is 4.46. The summed E-state index contributed by atoms with van der Waals surface area (Å²) < 4.78 is 11.1. The van der Waals surface area contributed by atoms with E-state index >= 15 is 0 Å². The van der Waals surface area contributed by atoms with Gasteiger partial charge in [-0.05, 0) is 42.3 Å². The van der Waals surface area contributed by atoms with E-state index in [-0.39, 0.29) is 5.91 Å². The van der Waals surface area contributed by atoms with Crippen molar-refractivity contribution >= 4 is 17.5 Å². The minimum Gasteiger partial charge on any atom is -0.493 e. The summed E-state index contributed by atoms with van der Waals surface area (Å²) in [5.41, 5.74) is 1.56. The number of methoxy groups -OCH3 is 1. The van der Waals surface area contributed by atoms with Gasteiger partial charge in [-0.25, -0.2) is 0 Å². The van der Waals surface area contributed by atoms with Crippen LogP contribution in [-0.4, -0.2) is 19.6 Å². The van der Waals surface area contributed by atoms with E-state index in [0.29, 0.717) is 35.2 Å². The van der Waals surface area contributed by atoms with Gasteiger partial charge >= 0.3 is 0 Å². The Kier molecular flexibility index (Phi) is 6.94. The second-order valence-corrected chi connectivity index (χ2v) is 5.83. The molecule has 0 aromatic heterocycles. The topological polar surface area (TPSA) is 47.6 Å². The summed E-state index contributed by atoms with van der Waals surface area (Å²) in [5.74, 6) is 1.02. The maximum atomic E-state index is 12.1. The van der Waals surface area contributed by atoms with Crippen LogP contribution in [0.25, 0.3) is 0 Å². The molecule has 0 radical (unpaired) electrons. The number of carbonyl (C=O) groups excluding carboxylic acids is 1. The van der Waals surface area contributed by atoms with E-state index in [1.807, 2.05) is 24.3 Å². The van der Waals surface area contributed by atoms with E-state index in [1.54, 1.807) is 25.3 Å². The molecular weight excluding hydrogens is 326 g/mol. The van der Waals surface area contributed by atoms with Gasteiger partial charge in [0.25, 0.3) is 5.91 Å². The lowest BCUT2D eigenvalue weighted by molar-refractivity contribution is 0.0952. The van der Waals surface area contributed by atoms with Crippen LogP contribution < -0.4 is 14.8 Å². The maximum absolute atomic E-state index is 12.1. The van der Waals surface area contributed by atoms with E-state index < -0.39 is 0 Å². The summed E-state index contributed by atoms with van der Waals surface area (Å²) in [7, 11) is 1.56. The molecule has 2 aromatic carbocycles. The van der Waals surface area contributed by atoms with Gasteiger partial charge in [0, 0.05) is 17.1 Å². The predicted molar refractivity (Wildman–Crippen MR) is 96.0 cm³/mol. The van der Waals surface area contributed by atoms with Crippen LogP contribution >= 0.6 is 11.6 Å². The number of ether oxygens (including phenoxy) is 2. The van der Waals surface area contributed by atoms with Crippen molar-refractivity contribution < 1.29 is 14.3 Å². The fourth-order valence-corrected chi connectivity index (χ4v) is 2.28. The highest BCUT2D eigenvalue weighted by Gasteiger charge is 2.11. The molecular formula is C19H22ClNO3. The van der Waals surface area contributed by atoms with Crippen molar-refractivity contribution in [1.82, 2.24) is 5.32 Å². The van der Waals surface area contributed by atoms with E-state index in [9.17, 15) is 4.79 Å². The third-order valence-electron chi connectivity index (χ3n) is 3.55. The van der Waals surface area contributed by atoms with Crippen LogP contribution in [0.3, 0.4) is 0 Å². The van der Waals surface area contributed by atoms with Crippen molar-refractivity contribution in [2.24, 2.45) is 0 Å². The van der Waals surface area contributed by atoms with Crippen LogP contribution in [0.4, 0.5) is 0 Å². The molecule has 0 aliphatic carbocycles. The lowest BCUT2D eigenvalue weighted by Gasteiger charge is -2.12. The number of hydrogen-bond acceptors (Lipinski definition) is 3. The monoisotopic (exact) mass is 347 g/mol. The van der Waals surface area contributed by atoms with E-state index in [2.05, 4.69) is 12.2 Å². The second kappa shape index (κ2) is 9.18. The molecule has 0 aliphatic rings. The number of amides is 1. The molecule has 24 heavy (non-hydrogen) atoms. The summed E-state index contributed by atoms with van der Waals surface area (Å²) in [4.78, 5) is 12.1. The van der Waals surface area contributed by atoms with Gasteiger partial charge in [-0.2, -0.15) is 0 Å². The molecule has 4 nitrogen and oxygen atoms in total. The van der Waals surface area contributed by atoms with Crippen molar-refractivity contribution in [2.45, 2.75) is 26.4 Å². The Bertz CT molecular complexity index is 671. The quantitative estimate of drug-likeness (QED) is 0.717. The summed E-state index contributed by atoms with van der Waals surface area (Å²) in [6.07, 6.45) is 2.01. The average molecular weight is 348 g/mol. The van der Waals surface area contributed by atoms with Gasteiger partial charge in [-0.3, -0.25) is 4.79 Å². The van der Waals surface area contributed by atoms with Crippen molar-refractivity contribution in [1.29, 1.82) is 0 Å². The summed E-state index contributed by atoms with van der Waals surface area (Å²) >= 11 is 5.87. The fourth-order valence-electron chi connectivity index (χ4n) is 2.15. The molecule has 0 aliphatic heterocycles. The molecule has 0 saturated carbocycles. The van der Waals surface area contributed by atoms with Crippen molar-refractivity contribution in [2.75, 3.05) is 13.7 Å². The first-order valence-electron chi connectivity index (χ1n) is 7.97. The van der Waals surface area contributed by atoms with Crippen LogP contribution in [0, 0.1) is 0 Å². The van der Waals surface area contributed by atoms with Crippen LogP contribution in [0.5, 0.6) is 11.5 Å². The molecule has 1 N–H and O–H groups in total. The molecule has 5 heteroatoms. The highest BCUT2D eigenvalue weighted by atomic mass is 35.5. The van der Waals surface area contributed by atoms with E-state index in [0.717, 1.165) is 18.4 Å². The molecule has 1 amide bonds. The first-order valence-corrected chi connectivity index (χ1v) is 8.35. The first-order chi connectivity index (χ1) is 11.6. The van der Waals surface area contributed by atoms with Gasteiger partial charge < -0.3 is 14.8 Å². The Morgan fingerprint density at radius 2 is 1.88 bits per heavy atom. The van der Waals surface area contributed by atoms with E-state index in [4.69, 9.17) is 21.1 Å². The normalized spacial score (nSPS) is 10.3. The highest BCUT2D eigenvalue weighted by Crippen LogP contribution is 2.29. The third kappa shape index (κ3) is 5.17. The third-order valence-corrected chi connectivity index (χ3v) is 3.80. The number of unbranched alkanes of at least 4 members (excludes halogenated alkanes) is 1. The number of rotatable bonds is 8. The zero-order valence-corrected chi connectivity index (χ0v) is 14.7. The molecule has 0 atom stereocenters. The number of hydrogen-bond donors (Lipinski definition) is 1. The van der Waals surface area contributed by atoms with Gasteiger partial charge in [0.05, 0.1) is 7.11 Å². The Morgan fingerprint density at radius 1 is 1.12 bits per heavy atom. The minimum absolute atomic E-state index is 0.106. The zero-order valence-electron chi connectivity index (χ0n) is 14.0. The van der Waals surface area contributed by atoms with Crippen LogP contribution in [0.15, 0.2) is 42.5 Å². The van der Waals surface area contributed by atoms with Gasteiger partial charge in [-0.15, -0.1) is 0 Å². The van der Waals surface area contributed by atoms with Gasteiger partial charge in [0.15, 0.2) is 11.5 Å². The van der Waals surface area contributed by atoms with Gasteiger partial charge in [0.2, 0.25) is 0 Å².